The van der Waals surface area contributed by atoms with Gasteiger partial charge in [0.1, 0.15) is 0 Å². The van der Waals surface area contributed by atoms with Crippen molar-refractivity contribution in [1.29, 1.82) is 0 Å². The molecule has 0 aliphatic rings. The SMILES string of the molecule is c1ccc2cc(-c3ccc(-c4ccc5cc(-c6cc7c8ccccc8ccc7c7ccccc67)ccc5c4)cc3)ccc2c1. The normalized spacial score (nSPS) is 11.6. The van der Waals surface area contributed by atoms with Crippen LogP contribution in [0, 0.1) is 0 Å². The monoisotopic (exact) mass is 556 g/mol. The summed E-state index contributed by atoms with van der Waals surface area (Å²) in [5.41, 5.74) is 7.47. The lowest BCUT2D eigenvalue weighted by Gasteiger charge is -2.14. The molecule has 204 valence electrons. The lowest BCUT2D eigenvalue weighted by atomic mass is 9.90. The Morgan fingerprint density at radius 3 is 1.34 bits per heavy atom. The molecule has 0 unspecified atom stereocenters. The van der Waals surface area contributed by atoms with E-state index in [1.807, 2.05) is 0 Å². The van der Waals surface area contributed by atoms with Crippen LogP contribution in [0.2, 0.25) is 0 Å². The van der Waals surface area contributed by atoms with E-state index in [-0.39, 0.29) is 0 Å². The van der Waals surface area contributed by atoms with Crippen LogP contribution in [-0.4, -0.2) is 0 Å². The van der Waals surface area contributed by atoms with Crippen LogP contribution in [0.25, 0.3) is 87.2 Å². The van der Waals surface area contributed by atoms with Crippen LogP contribution in [0.5, 0.6) is 0 Å². The predicted molar refractivity (Wildman–Crippen MR) is 190 cm³/mol. The van der Waals surface area contributed by atoms with Crippen molar-refractivity contribution in [2.45, 2.75) is 0 Å². The van der Waals surface area contributed by atoms with Crippen LogP contribution < -0.4 is 0 Å². The van der Waals surface area contributed by atoms with Crippen molar-refractivity contribution >= 4 is 53.9 Å². The van der Waals surface area contributed by atoms with Crippen molar-refractivity contribution in [1.82, 2.24) is 0 Å². The summed E-state index contributed by atoms with van der Waals surface area (Å²) in [6.07, 6.45) is 0. The van der Waals surface area contributed by atoms with E-state index in [4.69, 9.17) is 0 Å². The maximum absolute atomic E-state index is 2.40. The standard InChI is InChI=1S/C44H28/c1-2-9-33-25-34(18-17-29(33)7-1)30-13-15-31(16-14-30)35-19-20-37-27-38(22-21-36(37)26-35)43-28-44-39-10-4-3-8-32(39)23-24-42(44)40-11-5-6-12-41(40)43/h1-28H. The Balaban J connectivity index is 1.11. The van der Waals surface area contributed by atoms with Crippen LogP contribution in [0.3, 0.4) is 0 Å². The van der Waals surface area contributed by atoms with Gasteiger partial charge in [-0.05, 0) is 112 Å². The van der Waals surface area contributed by atoms with Gasteiger partial charge in [-0.25, -0.2) is 0 Å². The highest BCUT2D eigenvalue weighted by atomic mass is 14.2. The first kappa shape index (κ1) is 24.8. The zero-order chi connectivity index (χ0) is 29.0. The molecule has 0 saturated carbocycles. The van der Waals surface area contributed by atoms with E-state index in [1.54, 1.807) is 0 Å². The van der Waals surface area contributed by atoms with Crippen molar-refractivity contribution in [3.63, 3.8) is 0 Å². The molecule has 0 atom stereocenters. The Kier molecular flexibility index (Phi) is 5.61. The average molecular weight is 557 g/mol. The minimum atomic E-state index is 1.23. The molecular weight excluding hydrogens is 528 g/mol. The van der Waals surface area contributed by atoms with Gasteiger partial charge in [-0.15, -0.1) is 0 Å². The predicted octanol–water partition coefficient (Wildman–Crippen LogP) is 12.5. The number of fused-ring (bicyclic) bond motifs is 7. The van der Waals surface area contributed by atoms with Gasteiger partial charge in [0.25, 0.3) is 0 Å². The highest BCUT2D eigenvalue weighted by Gasteiger charge is 2.12. The second-order valence-electron chi connectivity index (χ2n) is 11.8. The summed E-state index contributed by atoms with van der Waals surface area (Å²) in [6, 6.07) is 62.4. The molecule has 0 spiro atoms. The molecule has 9 aromatic rings. The summed E-state index contributed by atoms with van der Waals surface area (Å²) in [6.45, 7) is 0. The van der Waals surface area contributed by atoms with Gasteiger partial charge in [-0.2, -0.15) is 0 Å². The first-order valence-corrected chi connectivity index (χ1v) is 15.3. The first-order chi connectivity index (χ1) is 21.8. The minimum absolute atomic E-state index is 1.23. The van der Waals surface area contributed by atoms with Gasteiger partial charge in [0, 0.05) is 0 Å². The average Bonchev–Trinajstić information content (AvgIpc) is 3.10. The summed E-state index contributed by atoms with van der Waals surface area (Å²) in [5.74, 6) is 0. The molecule has 0 fully saturated rings. The lowest BCUT2D eigenvalue weighted by Crippen LogP contribution is -1.87. The van der Waals surface area contributed by atoms with Crippen molar-refractivity contribution < 1.29 is 0 Å². The van der Waals surface area contributed by atoms with E-state index in [0.29, 0.717) is 0 Å². The zero-order valence-electron chi connectivity index (χ0n) is 24.2. The van der Waals surface area contributed by atoms with E-state index in [9.17, 15) is 0 Å². The van der Waals surface area contributed by atoms with Crippen LogP contribution in [-0.2, 0) is 0 Å². The molecule has 0 radical (unpaired) electrons. The minimum Gasteiger partial charge on any atom is -0.0616 e. The Labute approximate surface area is 256 Å². The smallest absolute Gasteiger partial charge is 0.00928 e. The van der Waals surface area contributed by atoms with Gasteiger partial charge in [0.15, 0.2) is 0 Å². The molecule has 0 nitrogen and oxygen atoms in total. The molecule has 9 rings (SSSR count). The fourth-order valence-electron chi connectivity index (χ4n) is 6.92. The van der Waals surface area contributed by atoms with E-state index < -0.39 is 0 Å². The van der Waals surface area contributed by atoms with Gasteiger partial charge in [0.2, 0.25) is 0 Å². The molecule has 0 N–H and O–H groups in total. The van der Waals surface area contributed by atoms with Crippen LogP contribution >= 0.6 is 0 Å². The summed E-state index contributed by atoms with van der Waals surface area (Å²) < 4.78 is 0. The fraction of sp³-hybridized carbons (Fsp3) is 0. The van der Waals surface area contributed by atoms with Crippen molar-refractivity contribution in [3.8, 4) is 33.4 Å². The molecule has 0 amide bonds. The Hall–Kier alpha value is -5.72. The molecule has 0 saturated heterocycles. The quantitative estimate of drug-likeness (QED) is 0.190. The van der Waals surface area contributed by atoms with Crippen LogP contribution in [0.15, 0.2) is 170 Å². The lowest BCUT2D eigenvalue weighted by molar-refractivity contribution is 1.61. The Bertz CT molecular complexity index is 2530. The van der Waals surface area contributed by atoms with Gasteiger partial charge < -0.3 is 0 Å². The van der Waals surface area contributed by atoms with E-state index in [0.717, 1.165) is 0 Å². The zero-order valence-corrected chi connectivity index (χ0v) is 24.2. The number of hydrogen-bond acceptors (Lipinski definition) is 0. The van der Waals surface area contributed by atoms with Crippen molar-refractivity contribution in [2.24, 2.45) is 0 Å². The van der Waals surface area contributed by atoms with Gasteiger partial charge >= 0.3 is 0 Å². The summed E-state index contributed by atoms with van der Waals surface area (Å²) in [5, 5.41) is 12.8. The molecule has 0 bridgehead atoms. The second kappa shape index (κ2) is 9.93. The fourth-order valence-corrected chi connectivity index (χ4v) is 6.92. The van der Waals surface area contributed by atoms with E-state index in [2.05, 4.69) is 170 Å². The third-order valence-corrected chi connectivity index (χ3v) is 9.22. The molecule has 0 heterocycles. The van der Waals surface area contributed by atoms with Gasteiger partial charge in [0.05, 0.1) is 0 Å². The molecule has 0 aromatic heterocycles. The van der Waals surface area contributed by atoms with Crippen LogP contribution in [0.1, 0.15) is 0 Å². The van der Waals surface area contributed by atoms with Crippen LogP contribution in [0.4, 0.5) is 0 Å². The molecular formula is C44H28. The first-order valence-electron chi connectivity index (χ1n) is 15.3. The summed E-state index contributed by atoms with van der Waals surface area (Å²) >= 11 is 0. The van der Waals surface area contributed by atoms with Crippen molar-refractivity contribution in [3.05, 3.63) is 170 Å². The third-order valence-electron chi connectivity index (χ3n) is 9.22. The third kappa shape index (κ3) is 4.07. The topological polar surface area (TPSA) is 0 Å². The molecule has 9 aromatic carbocycles. The summed E-state index contributed by atoms with van der Waals surface area (Å²) in [4.78, 5) is 0. The highest BCUT2D eigenvalue weighted by Crippen LogP contribution is 2.39. The number of rotatable bonds is 3. The Morgan fingerprint density at radius 2 is 0.636 bits per heavy atom. The maximum Gasteiger partial charge on any atom is -0.00928 e. The largest absolute Gasteiger partial charge is 0.0616 e. The highest BCUT2D eigenvalue weighted by molar-refractivity contribution is 6.21. The molecule has 0 heteroatoms. The van der Waals surface area contributed by atoms with Gasteiger partial charge in [-0.1, -0.05) is 146 Å². The van der Waals surface area contributed by atoms with Gasteiger partial charge in [-0.3, -0.25) is 0 Å². The molecule has 0 aliphatic heterocycles. The van der Waals surface area contributed by atoms with E-state index in [1.165, 1.54) is 87.2 Å². The molecule has 0 aliphatic carbocycles. The number of benzene rings is 9. The van der Waals surface area contributed by atoms with E-state index >= 15 is 0 Å². The molecule has 44 heavy (non-hydrogen) atoms. The van der Waals surface area contributed by atoms with Crippen molar-refractivity contribution in [2.75, 3.05) is 0 Å². The Morgan fingerprint density at radius 1 is 0.205 bits per heavy atom. The maximum atomic E-state index is 2.40. The summed E-state index contributed by atoms with van der Waals surface area (Å²) in [7, 11) is 0. The second-order valence-corrected chi connectivity index (χ2v) is 11.8. The number of hydrogen-bond donors (Lipinski definition) is 0.